The second kappa shape index (κ2) is 5.61. The molecule has 0 radical (unpaired) electrons. The van der Waals surface area contributed by atoms with E-state index in [9.17, 15) is 18.4 Å². The quantitative estimate of drug-likeness (QED) is 0.642. The van der Waals surface area contributed by atoms with Gasteiger partial charge in [0.2, 0.25) is 0 Å². The Labute approximate surface area is 94.8 Å². The summed E-state index contributed by atoms with van der Waals surface area (Å²) in [4.78, 5) is 20.8. The number of carbonyl (C=O) groups is 2. The lowest BCUT2D eigenvalue weighted by molar-refractivity contribution is -0.130. The minimum atomic E-state index is -3.12. The van der Waals surface area contributed by atoms with Gasteiger partial charge in [-0.3, -0.25) is 4.79 Å². The fourth-order valence-electron chi connectivity index (χ4n) is 1.09. The van der Waals surface area contributed by atoms with Crippen LogP contribution in [-0.4, -0.2) is 24.0 Å². The number of hydrogen-bond acceptors (Lipinski definition) is 3. The first kappa shape index (κ1) is 12.6. The molecule has 1 aromatic carbocycles. The van der Waals surface area contributed by atoms with E-state index in [0.717, 1.165) is 0 Å². The van der Waals surface area contributed by atoms with Crippen LogP contribution in [0.1, 0.15) is 15.9 Å². The predicted octanol–water partition coefficient (Wildman–Crippen LogP) is 1.54. The SMILES string of the molecule is O=Cc1cccc(C#CC(=O)O)c1OC(F)F. The van der Waals surface area contributed by atoms with Crippen molar-refractivity contribution in [3.05, 3.63) is 29.3 Å². The molecule has 0 atom stereocenters. The lowest BCUT2D eigenvalue weighted by Crippen LogP contribution is -2.06. The Kier molecular flexibility index (Phi) is 4.17. The van der Waals surface area contributed by atoms with Crippen LogP contribution in [0, 0.1) is 11.8 Å². The van der Waals surface area contributed by atoms with Gasteiger partial charge in [-0.05, 0) is 12.1 Å². The van der Waals surface area contributed by atoms with Gasteiger partial charge in [-0.25, -0.2) is 4.79 Å². The highest BCUT2D eigenvalue weighted by atomic mass is 19.3. The molecule has 0 aromatic heterocycles. The number of benzene rings is 1. The Hall–Kier alpha value is -2.42. The average molecular weight is 240 g/mol. The summed E-state index contributed by atoms with van der Waals surface area (Å²) in [6, 6.07) is 3.92. The van der Waals surface area contributed by atoms with Crippen molar-refractivity contribution in [3.8, 4) is 17.6 Å². The molecule has 0 bridgehead atoms. The molecule has 0 fully saturated rings. The fraction of sp³-hybridized carbons (Fsp3) is 0.0909. The summed E-state index contributed by atoms with van der Waals surface area (Å²) in [5, 5.41) is 8.34. The van der Waals surface area contributed by atoms with Crippen LogP contribution in [0.4, 0.5) is 8.78 Å². The molecule has 6 heteroatoms. The predicted molar refractivity (Wildman–Crippen MR) is 53.0 cm³/mol. The van der Waals surface area contributed by atoms with E-state index >= 15 is 0 Å². The molecule has 4 nitrogen and oxygen atoms in total. The molecule has 1 N–H and O–H groups in total. The molecule has 0 amide bonds. The van der Waals surface area contributed by atoms with Crippen molar-refractivity contribution in [3.63, 3.8) is 0 Å². The molecule has 0 heterocycles. The number of rotatable bonds is 3. The normalized spacial score (nSPS) is 9.35. The average Bonchev–Trinajstić information content (AvgIpc) is 2.26. The Morgan fingerprint density at radius 2 is 2.18 bits per heavy atom. The Morgan fingerprint density at radius 3 is 2.71 bits per heavy atom. The highest BCUT2D eigenvalue weighted by molar-refractivity contribution is 5.88. The van der Waals surface area contributed by atoms with Crippen LogP contribution in [0.2, 0.25) is 0 Å². The van der Waals surface area contributed by atoms with Gasteiger partial charge in [-0.2, -0.15) is 8.78 Å². The topological polar surface area (TPSA) is 63.6 Å². The van der Waals surface area contributed by atoms with Gasteiger partial charge in [0, 0.05) is 5.92 Å². The minimum absolute atomic E-state index is 0.0858. The molecular formula is C11H6F2O4. The van der Waals surface area contributed by atoms with E-state index in [1.165, 1.54) is 18.2 Å². The van der Waals surface area contributed by atoms with Gasteiger partial charge in [0.15, 0.2) is 12.0 Å². The van der Waals surface area contributed by atoms with Gasteiger partial charge >= 0.3 is 12.6 Å². The number of carboxylic acid groups (broad SMARTS) is 1. The van der Waals surface area contributed by atoms with Crippen molar-refractivity contribution in [1.82, 2.24) is 0 Å². The van der Waals surface area contributed by atoms with Crippen LogP contribution in [0.25, 0.3) is 0 Å². The zero-order valence-corrected chi connectivity index (χ0v) is 8.31. The van der Waals surface area contributed by atoms with Gasteiger partial charge in [0.05, 0.1) is 11.1 Å². The maximum absolute atomic E-state index is 12.1. The van der Waals surface area contributed by atoms with Crippen molar-refractivity contribution in [2.75, 3.05) is 0 Å². The summed E-state index contributed by atoms with van der Waals surface area (Å²) >= 11 is 0. The lowest BCUT2D eigenvalue weighted by atomic mass is 10.1. The fourth-order valence-corrected chi connectivity index (χ4v) is 1.09. The van der Waals surface area contributed by atoms with Crippen LogP contribution >= 0.6 is 0 Å². The highest BCUT2D eigenvalue weighted by Gasteiger charge is 2.13. The van der Waals surface area contributed by atoms with Crippen LogP contribution in [0.15, 0.2) is 18.2 Å². The molecule has 88 valence electrons. The first-order chi connectivity index (χ1) is 8.04. The largest absolute Gasteiger partial charge is 0.472 e. The van der Waals surface area contributed by atoms with E-state index in [-0.39, 0.29) is 11.1 Å². The van der Waals surface area contributed by atoms with Crippen molar-refractivity contribution < 1.29 is 28.2 Å². The number of halogens is 2. The number of aliphatic carboxylic acids is 1. The summed E-state index contributed by atoms with van der Waals surface area (Å²) in [5.41, 5.74) is -0.209. The minimum Gasteiger partial charge on any atom is -0.472 e. The first-order valence-electron chi connectivity index (χ1n) is 4.32. The second-order valence-electron chi connectivity index (χ2n) is 2.78. The third kappa shape index (κ3) is 3.57. The summed E-state index contributed by atoms with van der Waals surface area (Å²) < 4.78 is 28.4. The van der Waals surface area contributed by atoms with Crippen molar-refractivity contribution >= 4 is 12.3 Å². The Balaban J connectivity index is 3.25. The van der Waals surface area contributed by atoms with Crippen LogP contribution in [-0.2, 0) is 4.79 Å². The number of para-hydroxylation sites is 1. The molecule has 0 spiro atoms. The molecule has 0 saturated carbocycles. The van der Waals surface area contributed by atoms with E-state index in [1.807, 2.05) is 0 Å². The molecule has 0 unspecified atom stereocenters. The van der Waals surface area contributed by atoms with Crippen molar-refractivity contribution in [2.45, 2.75) is 6.61 Å². The standard InChI is InChI=1S/C11H6F2O4/c12-11(13)17-10-7(4-5-9(15)16)2-1-3-8(10)6-14/h1-3,6,11H,(H,15,16). The molecular weight excluding hydrogens is 234 g/mol. The number of hydrogen-bond donors (Lipinski definition) is 1. The zero-order chi connectivity index (χ0) is 12.8. The van der Waals surface area contributed by atoms with E-state index in [1.54, 1.807) is 5.92 Å². The van der Waals surface area contributed by atoms with Crippen molar-refractivity contribution in [2.24, 2.45) is 0 Å². The zero-order valence-electron chi connectivity index (χ0n) is 8.31. The molecule has 1 aromatic rings. The first-order valence-corrected chi connectivity index (χ1v) is 4.32. The molecule has 0 aliphatic carbocycles. The molecule has 1 rings (SSSR count). The number of aldehydes is 1. The molecule has 0 saturated heterocycles. The maximum atomic E-state index is 12.1. The van der Waals surface area contributed by atoms with Crippen molar-refractivity contribution in [1.29, 1.82) is 0 Å². The van der Waals surface area contributed by atoms with Gasteiger partial charge in [-0.1, -0.05) is 12.0 Å². The highest BCUT2D eigenvalue weighted by Crippen LogP contribution is 2.23. The Morgan fingerprint density at radius 1 is 1.47 bits per heavy atom. The van der Waals surface area contributed by atoms with E-state index in [4.69, 9.17) is 5.11 Å². The molecule has 0 aliphatic heterocycles. The number of ether oxygens (including phenoxy) is 1. The van der Waals surface area contributed by atoms with Crippen LogP contribution in [0.5, 0.6) is 5.75 Å². The van der Waals surface area contributed by atoms with E-state index in [2.05, 4.69) is 10.7 Å². The third-order valence-electron chi connectivity index (χ3n) is 1.68. The summed E-state index contributed by atoms with van der Waals surface area (Å²) in [5.74, 6) is 2.04. The van der Waals surface area contributed by atoms with Gasteiger partial charge in [0.25, 0.3) is 0 Å². The van der Waals surface area contributed by atoms with Crippen LogP contribution < -0.4 is 4.74 Å². The van der Waals surface area contributed by atoms with E-state index in [0.29, 0.717) is 6.29 Å². The summed E-state index contributed by atoms with van der Waals surface area (Å²) in [6.45, 7) is -3.12. The monoisotopic (exact) mass is 240 g/mol. The Bertz CT molecular complexity index is 500. The summed E-state index contributed by atoms with van der Waals surface area (Å²) in [7, 11) is 0. The lowest BCUT2D eigenvalue weighted by Gasteiger charge is -2.08. The number of alkyl halides is 2. The smallest absolute Gasteiger partial charge is 0.387 e. The van der Waals surface area contributed by atoms with Gasteiger partial charge in [0.1, 0.15) is 0 Å². The second-order valence-corrected chi connectivity index (χ2v) is 2.78. The van der Waals surface area contributed by atoms with Gasteiger partial charge < -0.3 is 9.84 Å². The van der Waals surface area contributed by atoms with Crippen LogP contribution in [0.3, 0.4) is 0 Å². The molecule has 17 heavy (non-hydrogen) atoms. The van der Waals surface area contributed by atoms with Gasteiger partial charge in [-0.15, -0.1) is 0 Å². The van der Waals surface area contributed by atoms with E-state index < -0.39 is 18.3 Å². The number of carbonyl (C=O) groups excluding carboxylic acids is 1. The molecule has 0 aliphatic rings. The summed E-state index contributed by atoms with van der Waals surface area (Å²) in [6.07, 6.45) is 0.323. The maximum Gasteiger partial charge on any atom is 0.387 e. The number of carboxylic acids is 1. The third-order valence-corrected chi connectivity index (χ3v) is 1.68.